The van der Waals surface area contributed by atoms with Gasteiger partial charge in [0.15, 0.2) is 0 Å². The molecule has 1 aliphatic carbocycles. The largest absolute Gasteiger partial charge is 0.460 e. The number of aryl methyl sites for hydroxylation is 1. The first-order valence-electron chi connectivity index (χ1n) is 7.17. The first-order valence-corrected chi connectivity index (χ1v) is 8.65. The minimum atomic E-state index is -3.64. The van der Waals surface area contributed by atoms with E-state index in [0.29, 0.717) is 17.6 Å². The van der Waals surface area contributed by atoms with Crippen LogP contribution in [0, 0.1) is 12.8 Å². The molecule has 0 radical (unpaired) electrons. The number of furan rings is 1. The second-order valence-corrected chi connectivity index (χ2v) is 7.39. The van der Waals surface area contributed by atoms with Crippen molar-refractivity contribution >= 4 is 16.2 Å². The molecule has 22 heavy (non-hydrogen) atoms. The van der Waals surface area contributed by atoms with Crippen LogP contribution in [0.2, 0.25) is 0 Å². The van der Waals surface area contributed by atoms with Crippen LogP contribution < -0.4 is 4.83 Å². The predicted octanol–water partition coefficient (Wildman–Crippen LogP) is 3.02. The van der Waals surface area contributed by atoms with Crippen molar-refractivity contribution in [1.82, 2.24) is 4.83 Å². The number of rotatable bonds is 5. The maximum atomic E-state index is 12.0. The van der Waals surface area contributed by atoms with Crippen molar-refractivity contribution < 1.29 is 12.8 Å². The van der Waals surface area contributed by atoms with E-state index in [2.05, 4.69) is 16.9 Å². The second-order valence-electron chi connectivity index (χ2n) is 5.73. The molecule has 1 aromatic heterocycles. The molecule has 0 unspecified atom stereocenters. The molecule has 116 valence electrons. The lowest BCUT2D eigenvalue weighted by Crippen LogP contribution is -2.18. The number of hydrogen-bond acceptors (Lipinski definition) is 4. The maximum absolute atomic E-state index is 12.0. The summed E-state index contributed by atoms with van der Waals surface area (Å²) < 4.78 is 29.7. The number of hydrogen-bond donors (Lipinski definition) is 1. The molecule has 0 aliphatic heterocycles. The second kappa shape index (κ2) is 5.61. The molecule has 3 rings (SSSR count). The van der Waals surface area contributed by atoms with Crippen LogP contribution in [-0.2, 0) is 10.0 Å². The van der Waals surface area contributed by atoms with Crippen molar-refractivity contribution in [2.45, 2.75) is 31.1 Å². The minimum absolute atomic E-state index is 0.183. The van der Waals surface area contributed by atoms with Gasteiger partial charge in [-0.3, -0.25) is 0 Å². The van der Waals surface area contributed by atoms with Gasteiger partial charge in [0, 0.05) is 5.92 Å². The minimum Gasteiger partial charge on any atom is -0.460 e. The first kappa shape index (κ1) is 14.8. The quantitative estimate of drug-likeness (QED) is 0.680. The van der Waals surface area contributed by atoms with Gasteiger partial charge in [0.1, 0.15) is 11.5 Å². The molecule has 0 bridgehead atoms. The fourth-order valence-electron chi connectivity index (χ4n) is 2.29. The van der Waals surface area contributed by atoms with Crippen LogP contribution >= 0.6 is 0 Å². The van der Waals surface area contributed by atoms with E-state index >= 15 is 0 Å². The zero-order valence-corrected chi connectivity index (χ0v) is 13.3. The summed E-state index contributed by atoms with van der Waals surface area (Å²) in [6, 6.07) is 10.3. The summed E-state index contributed by atoms with van der Waals surface area (Å²) in [7, 11) is -3.64. The third kappa shape index (κ3) is 3.22. The van der Waals surface area contributed by atoms with E-state index < -0.39 is 10.0 Å². The van der Waals surface area contributed by atoms with Gasteiger partial charge in [0.25, 0.3) is 10.0 Å². The van der Waals surface area contributed by atoms with Crippen LogP contribution in [0.3, 0.4) is 0 Å². The summed E-state index contributed by atoms with van der Waals surface area (Å²) in [4.78, 5) is 2.37. The lowest BCUT2D eigenvalue weighted by molar-refractivity contribution is 0.500. The molecule has 1 N–H and O–H groups in total. The zero-order chi connectivity index (χ0) is 15.7. The molecule has 6 heteroatoms. The molecule has 0 saturated heterocycles. The standard InChI is InChI=1S/C16H18N2O3S/c1-11-3-6-14(7-4-11)22(19,20)18-17-10-13-5-8-16(21-13)15-9-12(15)2/h3-8,10,12,15,18H,9H2,1-2H3/b17-10-/t12-,15+/m0/s1. The van der Waals surface area contributed by atoms with E-state index in [1.807, 2.05) is 13.0 Å². The van der Waals surface area contributed by atoms with Gasteiger partial charge >= 0.3 is 0 Å². The number of sulfonamides is 1. The molecule has 1 heterocycles. The Kier molecular flexibility index (Phi) is 3.78. The summed E-state index contributed by atoms with van der Waals surface area (Å²) in [5, 5.41) is 3.77. The Balaban J connectivity index is 1.66. The van der Waals surface area contributed by atoms with Crippen molar-refractivity contribution in [1.29, 1.82) is 0 Å². The van der Waals surface area contributed by atoms with E-state index in [1.54, 1.807) is 30.3 Å². The van der Waals surface area contributed by atoms with Gasteiger partial charge in [-0.15, -0.1) is 0 Å². The lowest BCUT2D eigenvalue weighted by atomic mass is 10.2. The fraction of sp³-hybridized carbons (Fsp3) is 0.312. The third-order valence-electron chi connectivity index (χ3n) is 3.82. The van der Waals surface area contributed by atoms with Gasteiger partial charge in [-0.25, -0.2) is 0 Å². The number of nitrogens with one attached hydrogen (secondary N) is 1. The highest BCUT2D eigenvalue weighted by Crippen LogP contribution is 2.47. The molecule has 2 aromatic rings. The van der Waals surface area contributed by atoms with Crippen LogP contribution in [0.25, 0.3) is 0 Å². The average molecular weight is 318 g/mol. The topological polar surface area (TPSA) is 71.7 Å². The van der Waals surface area contributed by atoms with Crippen molar-refractivity contribution in [3.05, 3.63) is 53.5 Å². The highest BCUT2D eigenvalue weighted by Gasteiger charge is 2.36. The van der Waals surface area contributed by atoms with E-state index in [0.717, 1.165) is 17.7 Å². The molecular weight excluding hydrogens is 300 g/mol. The Morgan fingerprint density at radius 3 is 2.55 bits per heavy atom. The zero-order valence-electron chi connectivity index (χ0n) is 12.5. The Labute approximate surface area is 130 Å². The lowest BCUT2D eigenvalue weighted by Gasteiger charge is -2.02. The Hall–Kier alpha value is -2.08. The predicted molar refractivity (Wildman–Crippen MR) is 84.3 cm³/mol. The van der Waals surface area contributed by atoms with E-state index in [9.17, 15) is 8.42 Å². The fourth-order valence-corrected chi connectivity index (χ4v) is 3.08. The van der Waals surface area contributed by atoms with Gasteiger partial charge in [0.2, 0.25) is 0 Å². The molecule has 0 amide bonds. The van der Waals surface area contributed by atoms with Crippen LogP contribution in [0.15, 0.2) is 50.8 Å². The molecule has 0 spiro atoms. The van der Waals surface area contributed by atoms with Crippen molar-refractivity contribution in [3.8, 4) is 0 Å². The normalized spacial score (nSPS) is 21.2. The molecule has 1 saturated carbocycles. The van der Waals surface area contributed by atoms with Crippen LogP contribution in [0.5, 0.6) is 0 Å². The van der Waals surface area contributed by atoms with Crippen LogP contribution in [0.1, 0.15) is 36.3 Å². The van der Waals surface area contributed by atoms with E-state index in [1.165, 1.54) is 6.21 Å². The molecule has 2 atom stereocenters. The summed E-state index contributed by atoms with van der Waals surface area (Å²) in [5.74, 6) is 2.64. The molecule has 1 fully saturated rings. The van der Waals surface area contributed by atoms with Gasteiger partial charge in [0.05, 0.1) is 11.1 Å². The van der Waals surface area contributed by atoms with Crippen LogP contribution in [-0.4, -0.2) is 14.6 Å². The average Bonchev–Trinajstić information content (AvgIpc) is 3.02. The highest BCUT2D eigenvalue weighted by molar-refractivity contribution is 7.89. The SMILES string of the molecule is Cc1ccc(S(=O)(=O)N/N=C\c2ccc([C@@H]3C[C@@H]3C)o2)cc1. The third-order valence-corrected chi connectivity index (χ3v) is 5.06. The Morgan fingerprint density at radius 2 is 1.91 bits per heavy atom. The van der Waals surface area contributed by atoms with Crippen LogP contribution in [0.4, 0.5) is 0 Å². The van der Waals surface area contributed by atoms with Gasteiger partial charge in [-0.2, -0.15) is 18.4 Å². The molecule has 1 aliphatic rings. The summed E-state index contributed by atoms with van der Waals surface area (Å²) in [6.45, 7) is 4.08. The number of hydrazone groups is 1. The summed E-state index contributed by atoms with van der Waals surface area (Å²) >= 11 is 0. The van der Waals surface area contributed by atoms with Gasteiger partial charge in [-0.1, -0.05) is 24.6 Å². The first-order chi connectivity index (χ1) is 10.5. The number of benzene rings is 1. The summed E-state index contributed by atoms with van der Waals surface area (Å²) in [5.41, 5.74) is 1.000. The van der Waals surface area contributed by atoms with Gasteiger partial charge < -0.3 is 4.42 Å². The van der Waals surface area contributed by atoms with Gasteiger partial charge in [-0.05, 0) is 43.5 Å². The molecule has 1 aromatic carbocycles. The Bertz CT molecular complexity index is 791. The van der Waals surface area contributed by atoms with E-state index in [4.69, 9.17) is 4.42 Å². The highest BCUT2D eigenvalue weighted by atomic mass is 32.2. The summed E-state index contributed by atoms with van der Waals surface area (Å²) in [6.07, 6.45) is 2.52. The smallest absolute Gasteiger partial charge is 0.276 e. The molecular formula is C16H18N2O3S. The van der Waals surface area contributed by atoms with E-state index in [-0.39, 0.29) is 4.90 Å². The Morgan fingerprint density at radius 1 is 1.23 bits per heavy atom. The van der Waals surface area contributed by atoms with Crippen molar-refractivity contribution in [3.63, 3.8) is 0 Å². The molecule has 5 nitrogen and oxygen atoms in total. The number of nitrogens with zero attached hydrogens (tertiary/aromatic N) is 1. The maximum Gasteiger partial charge on any atom is 0.276 e. The van der Waals surface area contributed by atoms with Crippen molar-refractivity contribution in [2.24, 2.45) is 11.0 Å². The van der Waals surface area contributed by atoms with Crippen molar-refractivity contribution in [2.75, 3.05) is 0 Å². The monoisotopic (exact) mass is 318 g/mol.